The summed E-state index contributed by atoms with van der Waals surface area (Å²) in [4.78, 5) is 12.5. The van der Waals surface area contributed by atoms with Crippen LogP contribution in [-0.4, -0.2) is 39.7 Å². The number of benzene rings is 4. The number of hydrogen-bond acceptors (Lipinski definition) is 5. The third-order valence-electron chi connectivity index (χ3n) is 6.66. The number of thioether (sulfide) groups is 1. The SMILES string of the molecule is O=C(CNCCSC(c1ccccc1)(c1ccccc1)c1ccccc1)NCc1cn(Cc2ccccc2)nn1. The zero-order valence-corrected chi connectivity index (χ0v) is 23.1. The molecule has 0 bridgehead atoms. The summed E-state index contributed by atoms with van der Waals surface area (Å²) in [6.07, 6.45) is 1.87. The molecule has 4 aromatic carbocycles. The second-order valence-electron chi connectivity index (χ2n) is 9.47. The summed E-state index contributed by atoms with van der Waals surface area (Å²) in [5, 5.41) is 14.6. The Labute approximate surface area is 239 Å². The second-order valence-corrected chi connectivity index (χ2v) is 10.8. The van der Waals surface area contributed by atoms with Gasteiger partial charge in [-0.15, -0.1) is 16.9 Å². The molecule has 40 heavy (non-hydrogen) atoms. The monoisotopic (exact) mass is 547 g/mol. The summed E-state index contributed by atoms with van der Waals surface area (Å²) in [6, 6.07) is 42.0. The van der Waals surface area contributed by atoms with E-state index in [9.17, 15) is 4.79 Å². The molecule has 1 heterocycles. The van der Waals surface area contributed by atoms with E-state index in [0.717, 1.165) is 17.0 Å². The van der Waals surface area contributed by atoms with Gasteiger partial charge < -0.3 is 10.6 Å². The molecule has 0 spiro atoms. The molecule has 5 aromatic rings. The van der Waals surface area contributed by atoms with Crippen LogP contribution in [-0.2, 0) is 22.6 Å². The van der Waals surface area contributed by atoms with Gasteiger partial charge in [-0.05, 0) is 22.3 Å². The van der Waals surface area contributed by atoms with E-state index in [0.29, 0.717) is 19.6 Å². The highest BCUT2D eigenvalue weighted by molar-refractivity contribution is 8.00. The number of aromatic nitrogens is 3. The van der Waals surface area contributed by atoms with Gasteiger partial charge in [0.1, 0.15) is 5.69 Å². The summed E-state index contributed by atoms with van der Waals surface area (Å²) in [6.45, 7) is 1.94. The minimum absolute atomic E-state index is 0.0666. The number of amides is 1. The molecule has 5 rings (SSSR count). The van der Waals surface area contributed by atoms with Crippen molar-refractivity contribution in [1.82, 2.24) is 25.6 Å². The van der Waals surface area contributed by atoms with Gasteiger partial charge in [-0.1, -0.05) is 127 Å². The molecule has 6 nitrogen and oxygen atoms in total. The fourth-order valence-electron chi connectivity index (χ4n) is 4.77. The minimum atomic E-state index is -0.362. The third kappa shape index (κ3) is 6.86. The fourth-order valence-corrected chi connectivity index (χ4v) is 6.23. The average Bonchev–Trinajstić information content (AvgIpc) is 3.47. The van der Waals surface area contributed by atoms with Crippen LogP contribution in [0.25, 0.3) is 0 Å². The van der Waals surface area contributed by atoms with Crippen LogP contribution in [0.1, 0.15) is 27.9 Å². The van der Waals surface area contributed by atoms with Crippen molar-refractivity contribution in [3.63, 3.8) is 0 Å². The molecular formula is C33H33N5OS. The van der Waals surface area contributed by atoms with Crippen molar-refractivity contribution in [3.8, 4) is 0 Å². The molecule has 1 aromatic heterocycles. The van der Waals surface area contributed by atoms with Crippen molar-refractivity contribution in [2.24, 2.45) is 0 Å². The van der Waals surface area contributed by atoms with Crippen LogP contribution < -0.4 is 10.6 Å². The molecule has 0 aliphatic carbocycles. The lowest BCUT2D eigenvalue weighted by Gasteiger charge is -2.35. The van der Waals surface area contributed by atoms with Crippen molar-refractivity contribution >= 4 is 17.7 Å². The minimum Gasteiger partial charge on any atom is -0.349 e. The maximum atomic E-state index is 12.5. The molecule has 1 amide bonds. The van der Waals surface area contributed by atoms with Crippen LogP contribution in [0.5, 0.6) is 0 Å². The number of rotatable bonds is 13. The van der Waals surface area contributed by atoms with Gasteiger partial charge in [-0.2, -0.15) is 0 Å². The average molecular weight is 548 g/mol. The predicted molar refractivity (Wildman–Crippen MR) is 162 cm³/mol. The normalized spacial score (nSPS) is 11.3. The molecule has 7 heteroatoms. The highest BCUT2D eigenvalue weighted by Crippen LogP contribution is 2.48. The molecule has 2 N–H and O–H groups in total. The van der Waals surface area contributed by atoms with Gasteiger partial charge in [0, 0.05) is 12.3 Å². The van der Waals surface area contributed by atoms with E-state index in [1.807, 2.05) is 36.2 Å². The lowest BCUT2D eigenvalue weighted by Crippen LogP contribution is -2.35. The molecule has 0 saturated heterocycles. The van der Waals surface area contributed by atoms with Gasteiger partial charge in [-0.25, -0.2) is 4.68 Å². The van der Waals surface area contributed by atoms with E-state index < -0.39 is 0 Å². The summed E-state index contributed by atoms with van der Waals surface area (Å²) in [7, 11) is 0. The lowest BCUT2D eigenvalue weighted by atomic mass is 9.84. The first-order chi connectivity index (χ1) is 19.7. The Kier molecular flexibility index (Phi) is 9.40. The first kappa shape index (κ1) is 27.4. The first-order valence-corrected chi connectivity index (χ1v) is 14.4. The van der Waals surface area contributed by atoms with Gasteiger partial charge in [0.05, 0.1) is 30.6 Å². The van der Waals surface area contributed by atoms with Crippen molar-refractivity contribution < 1.29 is 4.79 Å². The number of carbonyl (C=O) groups excluding carboxylic acids is 1. The van der Waals surface area contributed by atoms with Crippen LogP contribution in [0.4, 0.5) is 0 Å². The van der Waals surface area contributed by atoms with E-state index in [1.54, 1.807) is 4.68 Å². The van der Waals surface area contributed by atoms with Crippen LogP contribution in [0.2, 0.25) is 0 Å². The van der Waals surface area contributed by atoms with Crippen molar-refractivity contribution in [3.05, 3.63) is 155 Å². The molecule has 0 fully saturated rings. The molecule has 0 unspecified atom stereocenters. The fraction of sp³-hybridized carbons (Fsp3) is 0.182. The van der Waals surface area contributed by atoms with E-state index in [-0.39, 0.29) is 17.2 Å². The highest BCUT2D eigenvalue weighted by Gasteiger charge is 2.36. The Bertz CT molecular complexity index is 1360. The zero-order chi connectivity index (χ0) is 27.5. The van der Waals surface area contributed by atoms with Crippen LogP contribution >= 0.6 is 11.8 Å². The largest absolute Gasteiger partial charge is 0.349 e. The molecule has 0 radical (unpaired) electrons. The number of hydrogen-bond donors (Lipinski definition) is 2. The van der Waals surface area contributed by atoms with Gasteiger partial charge >= 0.3 is 0 Å². The van der Waals surface area contributed by atoms with Crippen molar-refractivity contribution in [2.45, 2.75) is 17.8 Å². The van der Waals surface area contributed by atoms with Crippen LogP contribution in [0.15, 0.2) is 128 Å². The van der Waals surface area contributed by atoms with Gasteiger partial charge in [0.25, 0.3) is 0 Å². The van der Waals surface area contributed by atoms with E-state index in [1.165, 1.54) is 16.7 Å². The third-order valence-corrected chi connectivity index (χ3v) is 8.21. The topological polar surface area (TPSA) is 71.8 Å². The maximum Gasteiger partial charge on any atom is 0.234 e. The summed E-state index contributed by atoms with van der Waals surface area (Å²) in [5.74, 6) is 0.753. The van der Waals surface area contributed by atoms with Crippen LogP contribution in [0.3, 0.4) is 0 Å². The number of nitrogens with zero attached hydrogens (tertiary/aromatic N) is 3. The van der Waals surface area contributed by atoms with Gasteiger partial charge in [-0.3, -0.25) is 4.79 Å². The molecule has 202 valence electrons. The molecule has 0 saturated carbocycles. The zero-order valence-electron chi connectivity index (χ0n) is 22.3. The molecular weight excluding hydrogens is 514 g/mol. The summed E-state index contributed by atoms with van der Waals surface area (Å²) in [5.41, 5.74) is 5.58. The maximum absolute atomic E-state index is 12.5. The number of nitrogens with one attached hydrogen (secondary N) is 2. The second kappa shape index (κ2) is 13.7. The Hall–Kier alpha value is -4.20. The Balaban J connectivity index is 1.16. The van der Waals surface area contributed by atoms with Crippen LogP contribution in [0, 0.1) is 0 Å². The lowest BCUT2D eigenvalue weighted by molar-refractivity contribution is -0.120. The van der Waals surface area contributed by atoms with Gasteiger partial charge in [0.15, 0.2) is 0 Å². The summed E-state index contributed by atoms with van der Waals surface area (Å²) < 4.78 is 1.42. The van der Waals surface area contributed by atoms with E-state index in [4.69, 9.17) is 0 Å². The van der Waals surface area contributed by atoms with Crippen molar-refractivity contribution in [2.75, 3.05) is 18.8 Å². The van der Waals surface area contributed by atoms with E-state index in [2.05, 4.69) is 124 Å². The first-order valence-electron chi connectivity index (χ1n) is 13.4. The quantitative estimate of drug-likeness (QED) is 0.156. The molecule has 0 atom stereocenters. The van der Waals surface area contributed by atoms with E-state index >= 15 is 0 Å². The number of carbonyl (C=O) groups is 1. The summed E-state index contributed by atoms with van der Waals surface area (Å²) >= 11 is 1.88. The molecule has 0 aliphatic heterocycles. The van der Waals surface area contributed by atoms with Gasteiger partial charge in [0.2, 0.25) is 5.91 Å². The Morgan fingerprint density at radius 1 is 0.750 bits per heavy atom. The smallest absolute Gasteiger partial charge is 0.234 e. The molecule has 0 aliphatic rings. The highest BCUT2D eigenvalue weighted by atomic mass is 32.2. The standard InChI is InChI=1S/C33H33N5OS/c39-32(35-23-31-26-38(37-36-31)25-27-13-5-1-6-14-27)24-34-21-22-40-33(28-15-7-2-8-16-28,29-17-9-3-10-18-29)30-19-11-4-12-20-30/h1-20,26,34H,21-25H2,(H,35,39). The Morgan fingerprint density at radius 3 is 1.82 bits per heavy atom. The predicted octanol–water partition coefficient (Wildman–Crippen LogP) is 5.26. The van der Waals surface area contributed by atoms with Crippen molar-refractivity contribution in [1.29, 1.82) is 0 Å². The Morgan fingerprint density at radius 2 is 1.27 bits per heavy atom.